The molecule has 0 saturated carbocycles. The van der Waals surface area contributed by atoms with Crippen molar-refractivity contribution in [1.29, 1.82) is 0 Å². The molecule has 2 atom stereocenters. The van der Waals surface area contributed by atoms with Crippen molar-refractivity contribution in [3.63, 3.8) is 0 Å². The molecule has 1 N–H and O–H groups in total. The van der Waals surface area contributed by atoms with Crippen LogP contribution in [0.5, 0.6) is 5.75 Å². The first kappa shape index (κ1) is 10.4. The maximum absolute atomic E-state index is 13.7. The molecule has 82 valence electrons. The van der Waals surface area contributed by atoms with Gasteiger partial charge in [-0.1, -0.05) is 18.2 Å². The van der Waals surface area contributed by atoms with Crippen molar-refractivity contribution >= 4 is 0 Å². The Morgan fingerprint density at radius 1 is 1.40 bits per heavy atom. The first-order chi connectivity index (χ1) is 7.33. The van der Waals surface area contributed by atoms with E-state index in [9.17, 15) is 4.39 Å². The molecule has 0 radical (unpaired) electrons. The zero-order valence-corrected chi connectivity index (χ0v) is 8.87. The molecule has 0 bridgehead atoms. The van der Waals surface area contributed by atoms with Crippen LogP contribution in [0.3, 0.4) is 0 Å². The molecular formula is C12H16FNO. The molecule has 0 amide bonds. The fourth-order valence-corrected chi connectivity index (χ4v) is 2.08. The van der Waals surface area contributed by atoms with Gasteiger partial charge in [0.05, 0.1) is 13.2 Å². The van der Waals surface area contributed by atoms with E-state index < -0.39 is 6.17 Å². The summed E-state index contributed by atoms with van der Waals surface area (Å²) in [5.74, 6) is 0.763. The highest BCUT2D eigenvalue weighted by molar-refractivity contribution is 5.36. The maximum atomic E-state index is 13.7. The lowest BCUT2D eigenvalue weighted by molar-refractivity contribution is 0.198. The zero-order chi connectivity index (χ0) is 10.7. The van der Waals surface area contributed by atoms with Crippen LogP contribution in [0.1, 0.15) is 24.4 Å². The SMILES string of the molecule is COc1ccccc1C1NCCCC1F. The number of hydrogen-bond acceptors (Lipinski definition) is 2. The summed E-state index contributed by atoms with van der Waals surface area (Å²) in [5.41, 5.74) is 0.923. The first-order valence-corrected chi connectivity index (χ1v) is 5.33. The number of halogens is 1. The Balaban J connectivity index is 2.26. The Hall–Kier alpha value is -1.09. The fraction of sp³-hybridized carbons (Fsp3) is 0.500. The summed E-state index contributed by atoms with van der Waals surface area (Å²) in [6, 6.07) is 7.40. The molecule has 2 nitrogen and oxygen atoms in total. The van der Waals surface area contributed by atoms with E-state index in [2.05, 4.69) is 5.32 Å². The van der Waals surface area contributed by atoms with E-state index in [1.54, 1.807) is 7.11 Å². The first-order valence-electron chi connectivity index (χ1n) is 5.33. The number of para-hydroxylation sites is 1. The summed E-state index contributed by atoms with van der Waals surface area (Å²) in [6.07, 6.45) is 0.734. The van der Waals surface area contributed by atoms with E-state index in [1.807, 2.05) is 24.3 Å². The molecular weight excluding hydrogens is 193 g/mol. The standard InChI is InChI=1S/C12H16FNO/c1-15-11-7-3-2-5-9(11)12-10(13)6-4-8-14-12/h2-3,5,7,10,12,14H,4,6,8H2,1H3. The highest BCUT2D eigenvalue weighted by atomic mass is 19.1. The lowest BCUT2D eigenvalue weighted by atomic mass is 9.95. The quantitative estimate of drug-likeness (QED) is 0.807. The highest BCUT2D eigenvalue weighted by Gasteiger charge is 2.27. The lowest BCUT2D eigenvalue weighted by Gasteiger charge is -2.28. The van der Waals surface area contributed by atoms with E-state index in [0.717, 1.165) is 24.3 Å². The van der Waals surface area contributed by atoms with E-state index in [0.29, 0.717) is 6.42 Å². The number of hydrogen-bond donors (Lipinski definition) is 1. The van der Waals surface area contributed by atoms with Gasteiger partial charge >= 0.3 is 0 Å². The van der Waals surface area contributed by atoms with Crippen molar-refractivity contribution in [2.45, 2.75) is 25.1 Å². The third-order valence-corrected chi connectivity index (χ3v) is 2.86. The monoisotopic (exact) mass is 209 g/mol. The Labute approximate surface area is 89.4 Å². The van der Waals surface area contributed by atoms with Crippen molar-refractivity contribution < 1.29 is 9.13 Å². The average Bonchev–Trinajstić information content (AvgIpc) is 2.30. The predicted octanol–water partition coefficient (Wildman–Crippen LogP) is 2.46. The number of nitrogens with one attached hydrogen (secondary N) is 1. The van der Waals surface area contributed by atoms with Crippen molar-refractivity contribution in [2.24, 2.45) is 0 Å². The molecule has 15 heavy (non-hydrogen) atoms. The van der Waals surface area contributed by atoms with Crippen molar-refractivity contribution in [2.75, 3.05) is 13.7 Å². The highest BCUT2D eigenvalue weighted by Crippen LogP contribution is 2.31. The normalized spacial score (nSPS) is 26.3. The second-order valence-electron chi connectivity index (χ2n) is 3.83. The van der Waals surface area contributed by atoms with Gasteiger partial charge < -0.3 is 10.1 Å². The van der Waals surface area contributed by atoms with Crippen molar-refractivity contribution in [3.8, 4) is 5.75 Å². The maximum Gasteiger partial charge on any atom is 0.123 e. The molecule has 1 heterocycles. The predicted molar refractivity (Wildman–Crippen MR) is 57.9 cm³/mol. The zero-order valence-electron chi connectivity index (χ0n) is 8.87. The molecule has 1 aliphatic heterocycles. The van der Waals surface area contributed by atoms with Crippen LogP contribution in [-0.2, 0) is 0 Å². The number of rotatable bonds is 2. The average molecular weight is 209 g/mol. The van der Waals surface area contributed by atoms with Crippen LogP contribution in [0.4, 0.5) is 4.39 Å². The Morgan fingerprint density at radius 3 is 2.93 bits per heavy atom. The molecule has 0 aliphatic carbocycles. The summed E-state index contributed by atoms with van der Waals surface area (Å²) < 4.78 is 19.0. The number of methoxy groups -OCH3 is 1. The van der Waals surface area contributed by atoms with Gasteiger partial charge in [-0.3, -0.25) is 0 Å². The summed E-state index contributed by atoms with van der Waals surface area (Å²) in [7, 11) is 1.62. The van der Waals surface area contributed by atoms with Gasteiger partial charge in [0.15, 0.2) is 0 Å². The van der Waals surface area contributed by atoms with Crippen LogP contribution < -0.4 is 10.1 Å². The molecule has 2 unspecified atom stereocenters. The molecule has 0 spiro atoms. The Morgan fingerprint density at radius 2 is 2.20 bits per heavy atom. The summed E-state index contributed by atoms with van der Waals surface area (Å²) in [6.45, 7) is 0.878. The van der Waals surface area contributed by atoms with E-state index in [1.165, 1.54) is 0 Å². The van der Waals surface area contributed by atoms with Crippen LogP contribution in [0.15, 0.2) is 24.3 Å². The van der Waals surface area contributed by atoms with E-state index >= 15 is 0 Å². The fourth-order valence-electron chi connectivity index (χ4n) is 2.08. The minimum Gasteiger partial charge on any atom is -0.496 e. The van der Waals surface area contributed by atoms with Gasteiger partial charge in [0, 0.05) is 5.56 Å². The summed E-state index contributed by atoms with van der Waals surface area (Å²) in [5, 5.41) is 3.20. The second kappa shape index (κ2) is 4.62. The number of piperidine rings is 1. The van der Waals surface area contributed by atoms with Gasteiger partial charge in [-0.05, 0) is 25.5 Å². The number of ether oxygens (including phenoxy) is 1. The Kier molecular flexibility index (Phi) is 3.21. The molecule has 2 rings (SSSR count). The Bertz CT molecular complexity index is 329. The number of benzene rings is 1. The van der Waals surface area contributed by atoms with Gasteiger partial charge in [-0.25, -0.2) is 4.39 Å². The van der Waals surface area contributed by atoms with E-state index in [4.69, 9.17) is 4.74 Å². The van der Waals surface area contributed by atoms with Crippen LogP contribution in [-0.4, -0.2) is 19.8 Å². The topological polar surface area (TPSA) is 21.3 Å². The second-order valence-corrected chi connectivity index (χ2v) is 3.83. The van der Waals surface area contributed by atoms with Crippen molar-refractivity contribution in [1.82, 2.24) is 5.32 Å². The van der Waals surface area contributed by atoms with Gasteiger partial charge in [0.2, 0.25) is 0 Å². The minimum absolute atomic E-state index is 0.213. The van der Waals surface area contributed by atoms with Gasteiger partial charge in [0.25, 0.3) is 0 Å². The third kappa shape index (κ3) is 2.12. The third-order valence-electron chi connectivity index (χ3n) is 2.86. The summed E-state index contributed by atoms with van der Waals surface area (Å²) >= 11 is 0. The molecule has 1 aromatic carbocycles. The van der Waals surface area contributed by atoms with Gasteiger partial charge in [0.1, 0.15) is 11.9 Å². The molecule has 1 fully saturated rings. The van der Waals surface area contributed by atoms with E-state index in [-0.39, 0.29) is 6.04 Å². The van der Waals surface area contributed by atoms with Crippen molar-refractivity contribution in [3.05, 3.63) is 29.8 Å². The van der Waals surface area contributed by atoms with Gasteiger partial charge in [-0.2, -0.15) is 0 Å². The number of alkyl halides is 1. The largest absolute Gasteiger partial charge is 0.496 e. The smallest absolute Gasteiger partial charge is 0.123 e. The molecule has 0 aromatic heterocycles. The van der Waals surface area contributed by atoms with Crippen LogP contribution >= 0.6 is 0 Å². The lowest BCUT2D eigenvalue weighted by Crippen LogP contribution is -2.35. The summed E-state index contributed by atoms with van der Waals surface area (Å²) in [4.78, 5) is 0. The van der Waals surface area contributed by atoms with Crippen LogP contribution in [0, 0.1) is 0 Å². The molecule has 1 saturated heterocycles. The molecule has 1 aromatic rings. The van der Waals surface area contributed by atoms with Crippen LogP contribution in [0.2, 0.25) is 0 Å². The van der Waals surface area contributed by atoms with Crippen LogP contribution in [0.25, 0.3) is 0 Å². The van der Waals surface area contributed by atoms with Gasteiger partial charge in [-0.15, -0.1) is 0 Å². The minimum atomic E-state index is -0.810. The molecule has 1 aliphatic rings. The molecule has 3 heteroatoms.